The van der Waals surface area contributed by atoms with Crippen LogP contribution in [0, 0.1) is 5.21 Å². The van der Waals surface area contributed by atoms with Crippen molar-refractivity contribution >= 4 is 11.4 Å². The van der Waals surface area contributed by atoms with Gasteiger partial charge in [0, 0.05) is 19.9 Å². The summed E-state index contributed by atoms with van der Waals surface area (Å²) in [6.45, 7) is -0.00434. The Morgan fingerprint density at radius 3 is 2.68 bits per heavy atom. The zero-order valence-corrected chi connectivity index (χ0v) is 10.9. The van der Waals surface area contributed by atoms with Gasteiger partial charge in [0.05, 0.1) is 5.69 Å². The zero-order valence-electron chi connectivity index (χ0n) is 10.9. The van der Waals surface area contributed by atoms with E-state index in [4.69, 9.17) is 19.4 Å². The van der Waals surface area contributed by atoms with Crippen molar-refractivity contribution in [2.24, 2.45) is 0 Å². The largest absolute Gasteiger partial charge is 0.733 e. The van der Waals surface area contributed by atoms with Crippen molar-refractivity contribution in [1.29, 1.82) is 0 Å². The van der Waals surface area contributed by atoms with Gasteiger partial charge in [-0.05, 0) is 31.0 Å². The number of methoxy groups -OCH3 is 2. The molecule has 7 nitrogen and oxygen atoms in total. The number of rotatable bonds is 7. The summed E-state index contributed by atoms with van der Waals surface area (Å²) in [6.07, 6.45) is 1.81. The van der Waals surface area contributed by atoms with Crippen LogP contribution in [0.25, 0.3) is 0 Å². The van der Waals surface area contributed by atoms with Gasteiger partial charge in [0.1, 0.15) is 11.5 Å². The van der Waals surface area contributed by atoms with Crippen LogP contribution in [0.2, 0.25) is 0 Å². The Labute approximate surface area is 111 Å². The normalized spacial score (nSPS) is 16.0. The highest BCUT2D eigenvalue weighted by Crippen LogP contribution is 2.41. The molecule has 19 heavy (non-hydrogen) atoms. The summed E-state index contributed by atoms with van der Waals surface area (Å²) in [5.74, 6) is 0.243. The van der Waals surface area contributed by atoms with Gasteiger partial charge < -0.3 is 30.0 Å². The van der Waals surface area contributed by atoms with Crippen molar-refractivity contribution in [2.45, 2.75) is 18.6 Å². The predicted molar refractivity (Wildman–Crippen MR) is 69.2 cm³/mol. The second kappa shape index (κ2) is 5.62. The van der Waals surface area contributed by atoms with Crippen molar-refractivity contribution in [1.82, 2.24) is 0 Å². The lowest BCUT2D eigenvalue weighted by molar-refractivity contribution is 0.0509. The smallest absolute Gasteiger partial charge is 0.188 e. The van der Waals surface area contributed by atoms with Crippen molar-refractivity contribution in [3.63, 3.8) is 0 Å². The van der Waals surface area contributed by atoms with Gasteiger partial charge in [0.15, 0.2) is 6.79 Å². The average Bonchev–Trinajstić information content (AvgIpc) is 3.17. The van der Waals surface area contributed by atoms with Gasteiger partial charge in [-0.1, -0.05) is 0 Å². The van der Waals surface area contributed by atoms with E-state index in [2.05, 4.69) is 5.32 Å². The Hall–Kier alpha value is -1.54. The third-order valence-corrected chi connectivity index (χ3v) is 2.96. The van der Waals surface area contributed by atoms with Crippen LogP contribution < -0.4 is 15.3 Å². The molecule has 0 radical (unpaired) electrons. The first-order valence-electron chi connectivity index (χ1n) is 5.85. The molecule has 0 unspecified atom stereocenters. The molecule has 1 aromatic carbocycles. The molecule has 0 spiro atoms. The van der Waals surface area contributed by atoms with Crippen LogP contribution in [0.4, 0.5) is 11.4 Å². The minimum atomic E-state index is -0.352. The first-order valence-corrected chi connectivity index (χ1v) is 5.85. The van der Waals surface area contributed by atoms with Crippen LogP contribution in [0.1, 0.15) is 12.8 Å². The molecule has 1 aromatic rings. The van der Waals surface area contributed by atoms with Crippen molar-refractivity contribution in [3.8, 4) is 5.75 Å². The maximum Gasteiger partial charge on any atom is 0.188 e. The highest BCUT2D eigenvalue weighted by Gasteiger charge is 2.43. The molecule has 0 heterocycles. The lowest BCUT2D eigenvalue weighted by atomic mass is 10.2. The van der Waals surface area contributed by atoms with Crippen LogP contribution in [0.15, 0.2) is 18.2 Å². The molecule has 1 fully saturated rings. The Balaban J connectivity index is 2.16. The molecule has 0 saturated heterocycles. The van der Waals surface area contributed by atoms with E-state index in [-0.39, 0.29) is 29.2 Å². The first kappa shape index (κ1) is 13.9. The summed E-state index contributed by atoms with van der Waals surface area (Å²) in [7, 11) is 3.10. The summed E-state index contributed by atoms with van der Waals surface area (Å²) in [6, 6.07) is 4.83. The highest BCUT2D eigenvalue weighted by atomic mass is 16.8. The van der Waals surface area contributed by atoms with Gasteiger partial charge in [-0.2, -0.15) is 0 Å². The van der Waals surface area contributed by atoms with E-state index in [9.17, 15) is 5.21 Å². The van der Waals surface area contributed by atoms with E-state index in [1.165, 1.54) is 13.2 Å². The van der Waals surface area contributed by atoms with Gasteiger partial charge in [0.25, 0.3) is 0 Å². The molecular weight excluding hydrogens is 252 g/mol. The quantitative estimate of drug-likeness (QED) is 0.577. The van der Waals surface area contributed by atoms with Gasteiger partial charge in [-0.25, -0.2) is 0 Å². The molecule has 0 amide bonds. The lowest BCUT2D eigenvalue weighted by Gasteiger charge is -2.26. The Morgan fingerprint density at radius 1 is 1.42 bits per heavy atom. The lowest BCUT2D eigenvalue weighted by Crippen LogP contribution is -2.23. The number of hydrogen-bond donors (Lipinski definition) is 2. The minimum absolute atomic E-state index is 0.00434. The van der Waals surface area contributed by atoms with E-state index in [1.54, 1.807) is 19.2 Å². The monoisotopic (exact) mass is 269 g/mol. The molecule has 2 N–H and O–H groups in total. The Kier molecular flexibility index (Phi) is 4.11. The first-order chi connectivity index (χ1) is 9.10. The average molecular weight is 269 g/mol. The topological polar surface area (TPSA) is 86.2 Å². The fourth-order valence-corrected chi connectivity index (χ4v) is 1.75. The van der Waals surface area contributed by atoms with Crippen LogP contribution in [0.5, 0.6) is 5.75 Å². The number of nitrogens with zero attached hydrogens (tertiary/aromatic N) is 1. The van der Waals surface area contributed by atoms with E-state index in [1.807, 2.05) is 0 Å². The second-order valence-electron chi connectivity index (χ2n) is 4.33. The Bertz CT molecular complexity index is 434. The SMILES string of the molecule is COCOc1ccc(NC2(OC)CC2)cc1N([O-])O. The molecule has 1 aliphatic carbocycles. The van der Waals surface area contributed by atoms with Crippen LogP contribution in [-0.4, -0.2) is 31.9 Å². The standard InChI is InChI=1S/C12H17N2O5/c1-17-8-19-11-4-3-9(7-10(11)14(15)16)13-12(18-2)5-6-12/h3-4,7,13,15H,5-6,8H2,1-2H3/q-1. The number of hydrogen-bond acceptors (Lipinski definition) is 7. The molecule has 2 rings (SSSR count). The molecule has 1 saturated carbocycles. The van der Waals surface area contributed by atoms with E-state index >= 15 is 0 Å². The number of benzene rings is 1. The van der Waals surface area contributed by atoms with Crippen LogP contribution in [0.3, 0.4) is 0 Å². The second-order valence-corrected chi connectivity index (χ2v) is 4.33. The predicted octanol–water partition coefficient (Wildman–Crippen LogP) is 1.91. The van der Waals surface area contributed by atoms with Crippen molar-refractivity contribution < 1.29 is 19.4 Å². The summed E-state index contributed by atoms with van der Waals surface area (Å²) in [4.78, 5) is 0. The van der Waals surface area contributed by atoms with E-state index in [0.717, 1.165) is 12.8 Å². The maximum absolute atomic E-state index is 11.1. The zero-order chi connectivity index (χ0) is 13.9. The van der Waals surface area contributed by atoms with Gasteiger partial charge in [-0.15, -0.1) is 0 Å². The summed E-state index contributed by atoms with van der Waals surface area (Å²) >= 11 is 0. The molecule has 0 aliphatic heterocycles. The third kappa shape index (κ3) is 3.27. The third-order valence-electron chi connectivity index (χ3n) is 2.96. The van der Waals surface area contributed by atoms with Crippen LogP contribution >= 0.6 is 0 Å². The highest BCUT2D eigenvalue weighted by molar-refractivity contribution is 5.66. The van der Waals surface area contributed by atoms with Gasteiger partial charge >= 0.3 is 0 Å². The molecule has 0 bridgehead atoms. The molecule has 7 heteroatoms. The molecule has 106 valence electrons. The summed E-state index contributed by atoms with van der Waals surface area (Å²) in [5.41, 5.74) is 0.331. The molecule has 1 aliphatic rings. The minimum Gasteiger partial charge on any atom is -0.733 e. The van der Waals surface area contributed by atoms with Crippen LogP contribution in [-0.2, 0) is 9.47 Å². The molecule has 0 atom stereocenters. The fourth-order valence-electron chi connectivity index (χ4n) is 1.75. The maximum atomic E-state index is 11.1. The summed E-state index contributed by atoms with van der Waals surface area (Å²) < 4.78 is 15.3. The summed E-state index contributed by atoms with van der Waals surface area (Å²) in [5, 5.41) is 23.2. The Morgan fingerprint density at radius 2 is 2.16 bits per heavy atom. The number of ether oxygens (including phenoxy) is 3. The number of anilines is 2. The van der Waals surface area contributed by atoms with Crippen molar-refractivity contribution in [2.75, 3.05) is 31.6 Å². The number of nitrogens with one attached hydrogen (secondary N) is 1. The van der Waals surface area contributed by atoms with E-state index in [0.29, 0.717) is 5.69 Å². The molecule has 0 aromatic heterocycles. The van der Waals surface area contributed by atoms with Gasteiger partial charge in [-0.3, -0.25) is 5.21 Å². The molecular formula is C12H17N2O5-. The van der Waals surface area contributed by atoms with Crippen molar-refractivity contribution in [3.05, 3.63) is 23.4 Å². The van der Waals surface area contributed by atoms with E-state index < -0.39 is 0 Å². The fraction of sp³-hybridized carbons (Fsp3) is 0.500. The van der Waals surface area contributed by atoms with Gasteiger partial charge in [0.2, 0.25) is 0 Å².